The molecule has 0 bridgehead atoms. The summed E-state index contributed by atoms with van der Waals surface area (Å²) in [6.45, 7) is 3.70. The maximum Gasteiger partial charge on any atom is 0.0922 e. The zero-order chi connectivity index (χ0) is 11.8. The summed E-state index contributed by atoms with van der Waals surface area (Å²) in [6, 6.07) is 1.90. The molecule has 4 nitrogen and oxygen atoms in total. The van der Waals surface area contributed by atoms with E-state index in [2.05, 4.69) is 5.32 Å². The molecule has 92 valence electrons. The molecule has 1 aromatic rings. The number of hydrogen-bond donors (Lipinski definition) is 3. The maximum atomic E-state index is 9.73. The van der Waals surface area contributed by atoms with Crippen molar-refractivity contribution < 1.29 is 14.9 Å². The normalized spacial score (nSPS) is 14.9. The molecule has 0 aliphatic carbocycles. The number of aliphatic hydroxyl groups is 2. The lowest BCUT2D eigenvalue weighted by Crippen LogP contribution is -2.32. The molecule has 2 atom stereocenters. The zero-order valence-corrected chi connectivity index (χ0v) is 10.2. The molecule has 0 fully saturated rings. The van der Waals surface area contributed by atoms with E-state index >= 15 is 0 Å². The molecular weight excluding hydrogens is 226 g/mol. The minimum absolute atomic E-state index is 0.331. The lowest BCUT2D eigenvalue weighted by atomic mass is 10.2. The first-order valence-electron chi connectivity index (χ1n) is 5.40. The van der Waals surface area contributed by atoms with Crippen molar-refractivity contribution in [2.45, 2.75) is 19.1 Å². The van der Waals surface area contributed by atoms with Gasteiger partial charge < -0.3 is 20.3 Å². The summed E-state index contributed by atoms with van der Waals surface area (Å²) in [5.74, 6) is 0. The first-order valence-corrected chi connectivity index (χ1v) is 6.35. The van der Waals surface area contributed by atoms with Gasteiger partial charge in [0.2, 0.25) is 0 Å². The van der Waals surface area contributed by atoms with E-state index in [1.807, 2.05) is 23.8 Å². The summed E-state index contributed by atoms with van der Waals surface area (Å²) >= 11 is 1.56. The lowest BCUT2D eigenvalue weighted by molar-refractivity contribution is 0.0409. The number of nitrogens with one attached hydrogen (secondary N) is 1. The van der Waals surface area contributed by atoms with Crippen LogP contribution in [0, 0.1) is 0 Å². The molecule has 0 saturated carbocycles. The molecule has 0 spiro atoms. The van der Waals surface area contributed by atoms with Crippen molar-refractivity contribution in [2.24, 2.45) is 0 Å². The monoisotopic (exact) mass is 245 g/mol. The van der Waals surface area contributed by atoms with E-state index in [4.69, 9.17) is 4.74 Å². The highest BCUT2D eigenvalue weighted by atomic mass is 32.1. The second kappa shape index (κ2) is 7.76. The van der Waals surface area contributed by atoms with Gasteiger partial charge in [-0.05, 0) is 29.3 Å². The molecular formula is C11H19NO3S. The van der Waals surface area contributed by atoms with Crippen LogP contribution in [-0.2, 0) is 4.74 Å². The molecule has 1 rings (SSSR count). The van der Waals surface area contributed by atoms with E-state index in [1.54, 1.807) is 11.3 Å². The Hall–Kier alpha value is -0.460. The van der Waals surface area contributed by atoms with Crippen LogP contribution in [0.1, 0.15) is 18.6 Å². The topological polar surface area (TPSA) is 61.7 Å². The van der Waals surface area contributed by atoms with Gasteiger partial charge in [0.15, 0.2) is 0 Å². The summed E-state index contributed by atoms with van der Waals surface area (Å²) in [6.07, 6.45) is -1.03. The number of ether oxygens (including phenoxy) is 1. The third-order valence-corrected chi connectivity index (χ3v) is 2.86. The van der Waals surface area contributed by atoms with Crippen molar-refractivity contribution in [3.05, 3.63) is 22.4 Å². The molecule has 0 aliphatic heterocycles. The first kappa shape index (κ1) is 13.6. The Morgan fingerprint density at radius 1 is 1.44 bits per heavy atom. The van der Waals surface area contributed by atoms with Crippen LogP contribution in [0.2, 0.25) is 0 Å². The fourth-order valence-corrected chi connectivity index (χ4v) is 1.99. The fourth-order valence-electron chi connectivity index (χ4n) is 1.28. The Kier molecular flexibility index (Phi) is 6.59. The van der Waals surface area contributed by atoms with Crippen LogP contribution in [0.5, 0.6) is 0 Å². The highest BCUT2D eigenvalue weighted by Gasteiger charge is 2.08. The summed E-state index contributed by atoms with van der Waals surface area (Å²) in [7, 11) is 0. The standard InChI is InChI=1S/C11H19NO3S/c1-2-15-7-10(13)5-12-6-11(14)9-3-4-16-8-9/h3-4,8,10-14H,2,5-7H2,1H3. The third kappa shape index (κ3) is 5.05. The number of hydrogen-bond acceptors (Lipinski definition) is 5. The minimum Gasteiger partial charge on any atom is -0.389 e. The quantitative estimate of drug-likeness (QED) is 0.633. The second-order valence-electron chi connectivity index (χ2n) is 3.54. The fraction of sp³-hybridized carbons (Fsp3) is 0.636. The molecule has 16 heavy (non-hydrogen) atoms. The smallest absolute Gasteiger partial charge is 0.0922 e. The lowest BCUT2D eigenvalue weighted by Gasteiger charge is -2.14. The zero-order valence-electron chi connectivity index (χ0n) is 9.43. The van der Waals surface area contributed by atoms with E-state index in [0.717, 1.165) is 5.56 Å². The predicted molar refractivity (Wildman–Crippen MR) is 64.6 cm³/mol. The molecule has 0 radical (unpaired) electrons. The van der Waals surface area contributed by atoms with Crippen molar-refractivity contribution in [3.63, 3.8) is 0 Å². The van der Waals surface area contributed by atoms with Crippen LogP contribution in [0.3, 0.4) is 0 Å². The number of rotatable bonds is 8. The van der Waals surface area contributed by atoms with Crippen molar-refractivity contribution in [3.8, 4) is 0 Å². The molecule has 2 unspecified atom stereocenters. The average Bonchev–Trinajstić information content (AvgIpc) is 2.79. The maximum absolute atomic E-state index is 9.73. The number of thiophene rings is 1. The summed E-state index contributed by atoms with van der Waals surface area (Å²) < 4.78 is 5.07. The van der Waals surface area contributed by atoms with Gasteiger partial charge in [0.05, 0.1) is 18.8 Å². The van der Waals surface area contributed by atoms with Gasteiger partial charge in [0.1, 0.15) is 0 Å². The Morgan fingerprint density at radius 2 is 2.25 bits per heavy atom. The number of aliphatic hydroxyl groups excluding tert-OH is 2. The van der Waals surface area contributed by atoms with Crippen LogP contribution < -0.4 is 5.32 Å². The van der Waals surface area contributed by atoms with E-state index in [9.17, 15) is 10.2 Å². The van der Waals surface area contributed by atoms with Crippen LogP contribution >= 0.6 is 11.3 Å². The third-order valence-electron chi connectivity index (χ3n) is 2.16. The van der Waals surface area contributed by atoms with Crippen molar-refractivity contribution in [1.82, 2.24) is 5.32 Å². The molecule has 1 aromatic heterocycles. The van der Waals surface area contributed by atoms with Crippen LogP contribution in [0.4, 0.5) is 0 Å². The van der Waals surface area contributed by atoms with Gasteiger partial charge in [-0.1, -0.05) is 0 Å². The predicted octanol–water partition coefficient (Wildman–Crippen LogP) is 0.768. The Labute approximate surface area is 99.9 Å². The van der Waals surface area contributed by atoms with Crippen molar-refractivity contribution in [1.29, 1.82) is 0 Å². The van der Waals surface area contributed by atoms with E-state index < -0.39 is 12.2 Å². The van der Waals surface area contributed by atoms with Gasteiger partial charge in [0, 0.05) is 19.7 Å². The second-order valence-corrected chi connectivity index (χ2v) is 4.32. The highest BCUT2D eigenvalue weighted by Crippen LogP contribution is 2.14. The molecule has 5 heteroatoms. The molecule has 0 aromatic carbocycles. The van der Waals surface area contributed by atoms with Crippen molar-refractivity contribution >= 4 is 11.3 Å². The summed E-state index contributed by atoms with van der Waals surface area (Å²) in [5.41, 5.74) is 0.914. The Morgan fingerprint density at radius 3 is 2.88 bits per heavy atom. The van der Waals surface area contributed by atoms with Gasteiger partial charge in [-0.15, -0.1) is 0 Å². The largest absolute Gasteiger partial charge is 0.389 e. The molecule has 1 heterocycles. The molecule has 0 saturated heterocycles. The Bertz CT molecular complexity index is 266. The van der Waals surface area contributed by atoms with Gasteiger partial charge in [-0.3, -0.25) is 0 Å². The highest BCUT2D eigenvalue weighted by molar-refractivity contribution is 7.07. The van der Waals surface area contributed by atoms with Crippen LogP contribution in [0.15, 0.2) is 16.8 Å². The van der Waals surface area contributed by atoms with Crippen LogP contribution in [-0.4, -0.2) is 42.6 Å². The molecule has 0 amide bonds. The van der Waals surface area contributed by atoms with Crippen molar-refractivity contribution in [2.75, 3.05) is 26.3 Å². The SMILES string of the molecule is CCOCC(O)CNCC(O)c1ccsc1. The summed E-state index contributed by atoms with van der Waals surface area (Å²) in [5, 5.41) is 26.0. The molecule has 3 N–H and O–H groups in total. The Balaban J connectivity index is 2.11. The van der Waals surface area contributed by atoms with Gasteiger partial charge in [-0.2, -0.15) is 11.3 Å². The first-order chi connectivity index (χ1) is 7.74. The minimum atomic E-state index is -0.519. The van der Waals surface area contributed by atoms with Gasteiger partial charge in [0.25, 0.3) is 0 Å². The van der Waals surface area contributed by atoms with Gasteiger partial charge in [-0.25, -0.2) is 0 Å². The average molecular weight is 245 g/mol. The van der Waals surface area contributed by atoms with E-state index in [-0.39, 0.29) is 0 Å². The molecule has 0 aliphatic rings. The van der Waals surface area contributed by atoms with E-state index in [1.165, 1.54) is 0 Å². The van der Waals surface area contributed by atoms with Gasteiger partial charge >= 0.3 is 0 Å². The van der Waals surface area contributed by atoms with Crippen LogP contribution in [0.25, 0.3) is 0 Å². The summed E-state index contributed by atoms with van der Waals surface area (Å²) in [4.78, 5) is 0. The van der Waals surface area contributed by atoms with E-state index in [0.29, 0.717) is 26.3 Å².